The molecule has 2 aromatic rings. The summed E-state index contributed by atoms with van der Waals surface area (Å²) in [6, 6.07) is 9.91. The van der Waals surface area contributed by atoms with Crippen molar-refractivity contribution in [2.45, 2.75) is 6.92 Å². The Morgan fingerprint density at radius 2 is 1.86 bits per heavy atom. The highest BCUT2D eigenvalue weighted by Crippen LogP contribution is 2.31. The minimum atomic E-state index is -0.545. The van der Waals surface area contributed by atoms with E-state index in [1.807, 2.05) is 0 Å². The van der Waals surface area contributed by atoms with E-state index < -0.39 is 5.97 Å². The van der Waals surface area contributed by atoms with Crippen LogP contribution in [0.4, 0.5) is 0 Å². The van der Waals surface area contributed by atoms with Crippen LogP contribution in [0.1, 0.15) is 5.56 Å². The van der Waals surface area contributed by atoms with Gasteiger partial charge in [-0.1, -0.05) is 40.9 Å². The van der Waals surface area contributed by atoms with Gasteiger partial charge in [-0.15, -0.1) is 0 Å². The van der Waals surface area contributed by atoms with Gasteiger partial charge in [0.05, 0.1) is 5.02 Å². The molecule has 110 valence electrons. The highest BCUT2D eigenvalue weighted by Gasteiger charge is 2.11. The minimum Gasteiger partial charge on any atom is -0.480 e. The van der Waals surface area contributed by atoms with Crippen molar-refractivity contribution >= 4 is 40.8 Å². The standard InChI is InChI=1S/C15H11Cl3O3/c1-9-7-10(16)5-6-12(9)21-14(19)8-20-13-4-2-3-11(17)15(13)18/h2-7H,8H2,1H3. The monoisotopic (exact) mass is 344 g/mol. The van der Waals surface area contributed by atoms with E-state index >= 15 is 0 Å². The Balaban J connectivity index is 1.97. The van der Waals surface area contributed by atoms with Crippen molar-refractivity contribution in [3.05, 3.63) is 57.0 Å². The average molecular weight is 346 g/mol. The maximum absolute atomic E-state index is 11.8. The van der Waals surface area contributed by atoms with Crippen molar-refractivity contribution in [3.8, 4) is 11.5 Å². The lowest BCUT2D eigenvalue weighted by Gasteiger charge is -2.10. The number of halogens is 3. The summed E-state index contributed by atoms with van der Waals surface area (Å²) in [5, 5.41) is 1.19. The Morgan fingerprint density at radius 3 is 2.57 bits per heavy atom. The number of carbonyl (C=O) groups excluding carboxylic acids is 1. The summed E-state index contributed by atoms with van der Waals surface area (Å²) in [6.45, 7) is 1.52. The van der Waals surface area contributed by atoms with Crippen molar-refractivity contribution < 1.29 is 14.3 Å². The van der Waals surface area contributed by atoms with Crippen LogP contribution < -0.4 is 9.47 Å². The van der Waals surface area contributed by atoms with Gasteiger partial charge < -0.3 is 9.47 Å². The second-order valence-corrected chi connectivity index (χ2v) is 5.45. The second-order valence-electron chi connectivity index (χ2n) is 4.22. The first-order valence-corrected chi connectivity index (χ1v) is 7.14. The van der Waals surface area contributed by atoms with Crippen molar-refractivity contribution in [3.63, 3.8) is 0 Å². The zero-order valence-electron chi connectivity index (χ0n) is 11.0. The van der Waals surface area contributed by atoms with E-state index in [1.54, 1.807) is 43.3 Å². The highest BCUT2D eigenvalue weighted by molar-refractivity contribution is 6.42. The quantitative estimate of drug-likeness (QED) is 0.581. The van der Waals surface area contributed by atoms with E-state index in [-0.39, 0.29) is 11.6 Å². The number of aryl methyl sites for hydroxylation is 1. The second kappa shape index (κ2) is 7.03. The van der Waals surface area contributed by atoms with Crippen LogP contribution in [0.2, 0.25) is 15.1 Å². The normalized spacial score (nSPS) is 10.3. The summed E-state index contributed by atoms with van der Waals surface area (Å²) in [5.41, 5.74) is 0.761. The van der Waals surface area contributed by atoms with Crippen LogP contribution in [0.25, 0.3) is 0 Å². The number of hydrogen-bond donors (Lipinski definition) is 0. The summed E-state index contributed by atoms with van der Waals surface area (Å²) >= 11 is 17.6. The molecule has 0 aliphatic heterocycles. The van der Waals surface area contributed by atoms with E-state index in [4.69, 9.17) is 44.3 Å². The number of rotatable bonds is 4. The fourth-order valence-corrected chi connectivity index (χ4v) is 2.18. The molecule has 3 nitrogen and oxygen atoms in total. The molecule has 0 aliphatic carbocycles. The molecule has 0 atom stereocenters. The van der Waals surface area contributed by atoms with Gasteiger partial charge in [-0.25, -0.2) is 4.79 Å². The number of esters is 1. The van der Waals surface area contributed by atoms with Crippen LogP contribution >= 0.6 is 34.8 Å². The Hall–Kier alpha value is -1.42. The molecular weight excluding hydrogens is 335 g/mol. The lowest BCUT2D eigenvalue weighted by atomic mass is 10.2. The maximum atomic E-state index is 11.8. The Labute approximate surface area is 137 Å². The molecule has 2 aromatic carbocycles. The third-order valence-electron chi connectivity index (χ3n) is 2.62. The molecule has 0 N–H and O–H groups in total. The van der Waals surface area contributed by atoms with Crippen molar-refractivity contribution in [1.29, 1.82) is 0 Å². The fraction of sp³-hybridized carbons (Fsp3) is 0.133. The fourth-order valence-electron chi connectivity index (χ4n) is 1.61. The SMILES string of the molecule is Cc1cc(Cl)ccc1OC(=O)COc1cccc(Cl)c1Cl. The predicted octanol–water partition coefficient (Wildman–Crippen LogP) is 4.94. The van der Waals surface area contributed by atoms with Crippen LogP contribution in [-0.4, -0.2) is 12.6 Å². The molecule has 2 rings (SSSR count). The molecule has 0 saturated carbocycles. The van der Waals surface area contributed by atoms with Crippen molar-refractivity contribution in [1.82, 2.24) is 0 Å². The van der Waals surface area contributed by atoms with Gasteiger partial charge in [0.1, 0.15) is 16.5 Å². The smallest absolute Gasteiger partial charge is 0.349 e. The van der Waals surface area contributed by atoms with Crippen LogP contribution in [0.15, 0.2) is 36.4 Å². The van der Waals surface area contributed by atoms with Gasteiger partial charge in [0.15, 0.2) is 6.61 Å². The molecule has 0 aliphatic rings. The highest BCUT2D eigenvalue weighted by atomic mass is 35.5. The van der Waals surface area contributed by atoms with Gasteiger partial charge in [0.2, 0.25) is 0 Å². The zero-order valence-corrected chi connectivity index (χ0v) is 13.3. The van der Waals surface area contributed by atoms with Gasteiger partial charge in [0, 0.05) is 5.02 Å². The third-order valence-corrected chi connectivity index (χ3v) is 3.66. The molecule has 0 bridgehead atoms. The molecule has 0 radical (unpaired) electrons. The lowest BCUT2D eigenvalue weighted by Crippen LogP contribution is -2.18. The third kappa shape index (κ3) is 4.27. The Kier molecular flexibility index (Phi) is 5.34. The summed E-state index contributed by atoms with van der Waals surface area (Å²) in [4.78, 5) is 11.8. The van der Waals surface area contributed by atoms with E-state index in [0.717, 1.165) is 5.56 Å². The van der Waals surface area contributed by atoms with Crippen LogP contribution in [-0.2, 0) is 4.79 Å². The first kappa shape index (κ1) is 16.0. The maximum Gasteiger partial charge on any atom is 0.349 e. The predicted molar refractivity (Wildman–Crippen MR) is 83.8 cm³/mol. The molecule has 21 heavy (non-hydrogen) atoms. The Morgan fingerprint density at radius 1 is 1.10 bits per heavy atom. The molecular formula is C15H11Cl3O3. The average Bonchev–Trinajstić information content (AvgIpc) is 2.43. The van der Waals surface area contributed by atoms with Gasteiger partial charge in [-0.2, -0.15) is 0 Å². The van der Waals surface area contributed by atoms with Crippen LogP contribution in [0.3, 0.4) is 0 Å². The van der Waals surface area contributed by atoms with E-state index in [0.29, 0.717) is 21.5 Å². The number of ether oxygens (including phenoxy) is 2. The summed E-state index contributed by atoms with van der Waals surface area (Å²) in [6.07, 6.45) is 0. The summed E-state index contributed by atoms with van der Waals surface area (Å²) in [7, 11) is 0. The minimum absolute atomic E-state index is 0.259. The van der Waals surface area contributed by atoms with Crippen LogP contribution in [0, 0.1) is 6.92 Å². The summed E-state index contributed by atoms with van der Waals surface area (Å²) < 4.78 is 10.5. The van der Waals surface area contributed by atoms with E-state index in [9.17, 15) is 4.79 Å². The molecule has 0 unspecified atom stereocenters. The van der Waals surface area contributed by atoms with Gasteiger partial charge >= 0.3 is 5.97 Å². The topological polar surface area (TPSA) is 35.5 Å². The Bertz CT molecular complexity index is 671. The number of benzene rings is 2. The van der Waals surface area contributed by atoms with Gasteiger partial charge in [-0.3, -0.25) is 0 Å². The molecule has 0 saturated heterocycles. The summed E-state index contributed by atoms with van der Waals surface area (Å²) in [5.74, 6) is 0.218. The van der Waals surface area contributed by atoms with Gasteiger partial charge in [-0.05, 0) is 42.8 Å². The van der Waals surface area contributed by atoms with Crippen LogP contribution in [0.5, 0.6) is 11.5 Å². The molecule has 0 spiro atoms. The van der Waals surface area contributed by atoms with Crippen molar-refractivity contribution in [2.75, 3.05) is 6.61 Å². The van der Waals surface area contributed by atoms with Gasteiger partial charge in [0.25, 0.3) is 0 Å². The van der Waals surface area contributed by atoms with E-state index in [2.05, 4.69) is 0 Å². The molecule has 0 heterocycles. The molecule has 0 aromatic heterocycles. The number of hydrogen-bond acceptors (Lipinski definition) is 3. The van der Waals surface area contributed by atoms with E-state index in [1.165, 1.54) is 0 Å². The first-order valence-electron chi connectivity index (χ1n) is 6.01. The lowest BCUT2D eigenvalue weighted by molar-refractivity contribution is -0.136. The largest absolute Gasteiger partial charge is 0.480 e. The molecule has 6 heteroatoms. The molecule has 0 amide bonds. The molecule has 0 fully saturated rings. The first-order chi connectivity index (χ1) is 9.97. The zero-order chi connectivity index (χ0) is 15.4. The van der Waals surface area contributed by atoms with Crippen molar-refractivity contribution in [2.24, 2.45) is 0 Å². The number of carbonyl (C=O) groups is 1.